The molecule has 0 unspecified atom stereocenters. The van der Waals surface area contributed by atoms with E-state index in [1.165, 1.54) is 0 Å². The summed E-state index contributed by atoms with van der Waals surface area (Å²) in [5.74, 6) is -0.553. The van der Waals surface area contributed by atoms with Gasteiger partial charge < -0.3 is 20.5 Å². The molecule has 148 valence electrons. The highest BCUT2D eigenvalue weighted by atomic mass is 16.5. The lowest BCUT2D eigenvalue weighted by molar-refractivity contribution is -0.118. The number of nitrogens with one attached hydrogen (secondary N) is 2. The number of carbonyl (C=O) groups is 2. The molecule has 1 amide bonds. The fraction of sp³-hybridized carbons (Fsp3) is 0.130. The van der Waals surface area contributed by atoms with Crippen molar-refractivity contribution in [2.45, 2.75) is 13.5 Å². The summed E-state index contributed by atoms with van der Waals surface area (Å²) in [6.45, 7) is 2.50. The van der Waals surface area contributed by atoms with Gasteiger partial charge in [0.1, 0.15) is 5.75 Å². The van der Waals surface area contributed by atoms with E-state index in [0.717, 1.165) is 22.5 Å². The molecular formula is C23H22N2O4. The number of benzene rings is 3. The summed E-state index contributed by atoms with van der Waals surface area (Å²) >= 11 is 0. The number of rotatable bonds is 8. The Morgan fingerprint density at radius 3 is 2.10 bits per heavy atom. The smallest absolute Gasteiger partial charge is 0.335 e. The highest BCUT2D eigenvalue weighted by Crippen LogP contribution is 2.15. The van der Waals surface area contributed by atoms with Gasteiger partial charge in [0.2, 0.25) is 0 Å². The fourth-order valence-electron chi connectivity index (χ4n) is 2.62. The molecular weight excluding hydrogens is 368 g/mol. The Kier molecular flexibility index (Phi) is 6.47. The molecule has 0 aliphatic heterocycles. The number of carboxylic acids is 1. The third-order valence-corrected chi connectivity index (χ3v) is 4.26. The van der Waals surface area contributed by atoms with Gasteiger partial charge in [-0.3, -0.25) is 4.79 Å². The van der Waals surface area contributed by atoms with Gasteiger partial charge in [-0.25, -0.2) is 4.79 Å². The molecule has 0 spiro atoms. The van der Waals surface area contributed by atoms with Crippen molar-refractivity contribution in [1.29, 1.82) is 0 Å². The number of hydrogen-bond acceptors (Lipinski definition) is 4. The second-order valence-corrected chi connectivity index (χ2v) is 6.58. The maximum Gasteiger partial charge on any atom is 0.335 e. The van der Waals surface area contributed by atoms with Crippen LogP contribution >= 0.6 is 0 Å². The van der Waals surface area contributed by atoms with E-state index < -0.39 is 5.97 Å². The predicted octanol–water partition coefficient (Wildman–Crippen LogP) is 4.32. The molecule has 0 aliphatic rings. The summed E-state index contributed by atoms with van der Waals surface area (Å²) in [7, 11) is 0. The van der Waals surface area contributed by atoms with E-state index in [2.05, 4.69) is 10.6 Å². The van der Waals surface area contributed by atoms with Crippen LogP contribution in [0, 0.1) is 6.92 Å². The van der Waals surface area contributed by atoms with Gasteiger partial charge in [-0.05, 0) is 61.0 Å². The van der Waals surface area contributed by atoms with E-state index in [-0.39, 0.29) is 18.1 Å². The third kappa shape index (κ3) is 6.10. The van der Waals surface area contributed by atoms with Gasteiger partial charge >= 0.3 is 5.97 Å². The second kappa shape index (κ2) is 9.41. The molecule has 0 heterocycles. The number of aromatic carboxylic acids is 1. The molecule has 3 rings (SSSR count). The van der Waals surface area contributed by atoms with Crippen LogP contribution in [0.1, 0.15) is 21.5 Å². The summed E-state index contributed by atoms with van der Waals surface area (Å²) < 4.78 is 5.53. The van der Waals surface area contributed by atoms with Crippen LogP contribution in [0.5, 0.6) is 5.75 Å². The molecule has 0 saturated heterocycles. The molecule has 0 aliphatic carbocycles. The Bertz CT molecular complexity index is 965. The van der Waals surface area contributed by atoms with Crippen LogP contribution in [-0.2, 0) is 11.3 Å². The van der Waals surface area contributed by atoms with Gasteiger partial charge in [-0.2, -0.15) is 0 Å². The van der Waals surface area contributed by atoms with Crippen molar-refractivity contribution in [2.24, 2.45) is 0 Å². The van der Waals surface area contributed by atoms with Crippen LogP contribution in [0.15, 0.2) is 72.8 Å². The molecule has 3 N–H and O–H groups in total. The molecule has 3 aromatic rings. The summed E-state index contributed by atoms with van der Waals surface area (Å²) in [6, 6.07) is 21.6. The van der Waals surface area contributed by atoms with E-state index in [1.807, 2.05) is 55.5 Å². The first-order valence-corrected chi connectivity index (χ1v) is 9.15. The van der Waals surface area contributed by atoms with Crippen LogP contribution in [0.25, 0.3) is 0 Å². The van der Waals surface area contributed by atoms with Gasteiger partial charge in [-0.1, -0.05) is 29.8 Å². The number of carbonyl (C=O) groups excluding carboxylic acids is 1. The number of carboxylic acid groups (broad SMARTS) is 1. The van der Waals surface area contributed by atoms with E-state index >= 15 is 0 Å². The highest BCUT2D eigenvalue weighted by Gasteiger charge is 2.05. The Labute approximate surface area is 169 Å². The Morgan fingerprint density at radius 2 is 1.48 bits per heavy atom. The molecule has 0 radical (unpaired) electrons. The van der Waals surface area contributed by atoms with Crippen molar-refractivity contribution in [1.82, 2.24) is 0 Å². The van der Waals surface area contributed by atoms with Crippen LogP contribution in [0.4, 0.5) is 11.4 Å². The first-order chi connectivity index (χ1) is 14.0. The van der Waals surface area contributed by atoms with Crippen LogP contribution in [-0.4, -0.2) is 23.6 Å². The average molecular weight is 390 g/mol. The molecule has 0 aromatic heterocycles. The molecule has 0 bridgehead atoms. The Morgan fingerprint density at radius 1 is 0.862 bits per heavy atom. The maximum absolute atomic E-state index is 12.0. The van der Waals surface area contributed by atoms with E-state index in [1.54, 1.807) is 24.3 Å². The molecule has 0 saturated carbocycles. The summed E-state index contributed by atoms with van der Waals surface area (Å²) in [6.07, 6.45) is 0. The lowest BCUT2D eigenvalue weighted by atomic mass is 10.2. The van der Waals surface area contributed by atoms with E-state index in [4.69, 9.17) is 9.84 Å². The van der Waals surface area contributed by atoms with E-state index in [0.29, 0.717) is 12.3 Å². The minimum absolute atomic E-state index is 0.0681. The van der Waals surface area contributed by atoms with Crippen LogP contribution in [0.2, 0.25) is 0 Å². The van der Waals surface area contributed by atoms with Crippen LogP contribution < -0.4 is 15.4 Å². The van der Waals surface area contributed by atoms with Crippen molar-refractivity contribution < 1.29 is 19.4 Å². The summed E-state index contributed by atoms with van der Waals surface area (Å²) in [5, 5.41) is 14.9. The summed E-state index contributed by atoms with van der Waals surface area (Å²) in [4.78, 5) is 22.8. The molecule has 3 aromatic carbocycles. The fourth-order valence-corrected chi connectivity index (χ4v) is 2.62. The number of hydrogen-bond donors (Lipinski definition) is 3. The van der Waals surface area contributed by atoms with Crippen molar-refractivity contribution in [3.63, 3.8) is 0 Å². The SMILES string of the molecule is Cc1ccc(NC(=O)COc2ccc(CNc3ccc(C(=O)O)cc3)cc2)cc1. The van der Waals surface area contributed by atoms with Crippen LogP contribution in [0.3, 0.4) is 0 Å². The molecule has 6 heteroatoms. The largest absolute Gasteiger partial charge is 0.484 e. The first-order valence-electron chi connectivity index (χ1n) is 9.15. The molecule has 29 heavy (non-hydrogen) atoms. The molecule has 6 nitrogen and oxygen atoms in total. The average Bonchev–Trinajstić information content (AvgIpc) is 2.73. The predicted molar refractivity (Wildman–Crippen MR) is 112 cm³/mol. The lowest BCUT2D eigenvalue weighted by Gasteiger charge is -2.10. The first kappa shape index (κ1) is 19.9. The van der Waals surface area contributed by atoms with E-state index in [9.17, 15) is 9.59 Å². The zero-order valence-corrected chi connectivity index (χ0v) is 16.0. The standard InChI is InChI=1S/C23H22N2O4/c1-16-2-8-20(9-3-16)25-22(26)15-29-21-12-4-17(5-13-21)14-24-19-10-6-18(7-11-19)23(27)28/h2-13,24H,14-15H2,1H3,(H,25,26)(H,27,28). The van der Waals surface area contributed by atoms with Gasteiger partial charge in [0.15, 0.2) is 6.61 Å². The van der Waals surface area contributed by atoms with Gasteiger partial charge in [0.25, 0.3) is 5.91 Å². The van der Waals surface area contributed by atoms with Crippen molar-refractivity contribution in [3.05, 3.63) is 89.5 Å². The van der Waals surface area contributed by atoms with Gasteiger partial charge in [0, 0.05) is 17.9 Å². The number of aryl methyl sites for hydroxylation is 1. The highest BCUT2D eigenvalue weighted by molar-refractivity contribution is 5.91. The second-order valence-electron chi connectivity index (χ2n) is 6.58. The number of ether oxygens (including phenoxy) is 1. The zero-order chi connectivity index (χ0) is 20.6. The van der Waals surface area contributed by atoms with Crippen molar-refractivity contribution in [2.75, 3.05) is 17.2 Å². The van der Waals surface area contributed by atoms with Crippen molar-refractivity contribution in [3.8, 4) is 5.75 Å². The van der Waals surface area contributed by atoms with Gasteiger partial charge in [-0.15, -0.1) is 0 Å². The quantitative estimate of drug-likeness (QED) is 0.533. The maximum atomic E-state index is 12.0. The Hall–Kier alpha value is -3.80. The number of amides is 1. The number of anilines is 2. The Balaban J connectivity index is 1.45. The van der Waals surface area contributed by atoms with Gasteiger partial charge in [0.05, 0.1) is 5.56 Å². The lowest BCUT2D eigenvalue weighted by Crippen LogP contribution is -2.20. The monoisotopic (exact) mass is 390 g/mol. The minimum atomic E-state index is -0.945. The third-order valence-electron chi connectivity index (χ3n) is 4.26. The molecule has 0 atom stereocenters. The topological polar surface area (TPSA) is 87.7 Å². The summed E-state index contributed by atoms with van der Waals surface area (Å²) in [5.41, 5.74) is 3.99. The normalized spacial score (nSPS) is 10.2. The zero-order valence-electron chi connectivity index (χ0n) is 16.0. The molecule has 0 fully saturated rings. The van der Waals surface area contributed by atoms with Crippen molar-refractivity contribution >= 4 is 23.3 Å². The minimum Gasteiger partial charge on any atom is -0.484 e.